The zero-order valence-corrected chi connectivity index (χ0v) is 10.2. The van der Waals surface area contributed by atoms with Gasteiger partial charge in [-0.15, -0.1) is 0 Å². The fourth-order valence-electron chi connectivity index (χ4n) is 2.83. The molecule has 3 unspecified atom stereocenters. The van der Waals surface area contributed by atoms with E-state index in [1.165, 1.54) is 0 Å². The van der Waals surface area contributed by atoms with Crippen molar-refractivity contribution in [3.05, 3.63) is 0 Å². The molecule has 2 rings (SSSR count). The monoisotopic (exact) mass is 226 g/mol. The Morgan fingerprint density at radius 2 is 2.12 bits per heavy atom. The number of rotatable bonds is 2. The van der Waals surface area contributed by atoms with Gasteiger partial charge in [0, 0.05) is 11.8 Å². The zero-order valence-electron chi connectivity index (χ0n) is 10.2. The third-order valence-corrected chi connectivity index (χ3v) is 3.88. The van der Waals surface area contributed by atoms with Gasteiger partial charge in [-0.3, -0.25) is 9.59 Å². The Balaban J connectivity index is 2.30. The molecule has 0 N–H and O–H groups in total. The molecule has 0 radical (unpaired) electrons. The third-order valence-electron chi connectivity index (χ3n) is 3.88. The van der Waals surface area contributed by atoms with Gasteiger partial charge in [0.15, 0.2) is 0 Å². The number of Topliss-reactive ketones (excluding diaryl/α,β-unsaturated/α-hetero) is 1. The summed E-state index contributed by atoms with van der Waals surface area (Å²) in [6.07, 6.45) is 0.321. The van der Waals surface area contributed by atoms with Crippen LogP contribution < -0.4 is 0 Å². The number of carbonyl (C=O) groups is 2. The lowest BCUT2D eigenvalue weighted by molar-refractivity contribution is -0.160. The lowest BCUT2D eigenvalue weighted by Crippen LogP contribution is -2.51. The van der Waals surface area contributed by atoms with Crippen molar-refractivity contribution in [2.24, 2.45) is 11.3 Å². The topological polar surface area (TPSA) is 55.9 Å². The minimum Gasteiger partial charge on any atom is -0.466 e. The first-order valence-electron chi connectivity index (χ1n) is 5.71. The van der Waals surface area contributed by atoms with Crippen LogP contribution in [0.25, 0.3) is 0 Å². The second-order valence-corrected chi connectivity index (χ2v) is 5.32. The molecule has 3 atom stereocenters. The summed E-state index contributed by atoms with van der Waals surface area (Å²) < 4.78 is 10.6. The van der Waals surface area contributed by atoms with Gasteiger partial charge in [-0.05, 0) is 13.8 Å². The first kappa shape index (κ1) is 11.6. The molecule has 1 aliphatic heterocycles. The summed E-state index contributed by atoms with van der Waals surface area (Å²) in [4.78, 5) is 23.9. The Kier molecular flexibility index (Phi) is 2.38. The molecule has 2 aliphatic rings. The first-order valence-corrected chi connectivity index (χ1v) is 5.71. The van der Waals surface area contributed by atoms with E-state index in [4.69, 9.17) is 9.47 Å². The molecule has 1 saturated carbocycles. The number of epoxide rings is 1. The van der Waals surface area contributed by atoms with E-state index in [-0.39, 0.29) is 17.9 Å². The Morgan fingerprint density at radius 1 is 1.50 bits per heavy atom. The molecule has 16 heavy (non-hydrogen) atoms. The van der Waals surface area contributed by atoms with Crippen LogP contribution in [0, 0.1) is 11.3 Å². The summed E-state index contributed by atoms with van der Waals surface area (Å²) in [6, 6.07) is 0. The number of esters is 1. The molecular formula is C12H18O4. The minimum atomic E-state index is -0.687. The van der Waals surface area contributed by atoms with Crippen molar-refractivity contribution in [1.82, 2.24) is 0 Å². The van der Waals surface area contributed by atoms with Crippen LogP contribution in [-0.2, 0) is 19.1 Å². The third kappa shape index (κ3) is 1.39. The van der Waals surface area contributed by atoms with E-state index in [0.29, 0.717) is 13.0 Å². The normalized spacial score (nSPS) is 40.1. The Bertz CT molecular complexity index is 347. The zero-order chi connectivity index (χ0) is 12.1. The first-order chi connectivity index (χ1) is 7.34. The molecule has 1 heterocycles. The summed E-state index contributed by atoms with van der Waals surface area (Å²) in [5, 5.41) is 0. The molecule has 4 nitrogen and oxygen atoms in total. The van der Waals surface area contributed by atoms with Crippen LogP contribution in [0.3, 0.4) is 0 Å². The molecule has 0 aromatic rings. The van der Waals surface area contributed by atoms with E-state index in [9.17, 15) is 9.59 Å². The molecule has 1 aliphatic carbocycles. The lowest BCUT2D eigenvalue weighted by atomic mass is 9.63. The molecule has 0 aromatic heterocycles. The maximum Gasteiger partial charge on any atom is 0.312 e. The number of hydrogen-bond acceptors (Lipinski definition) is 4. The highest BCUT2D eigenvalue weighted by Crippen LogP contribution is 2.56. The summed E-state index contributed by atoms with van der Waals surface area (Å²) in [5.41, 5.74) is -1.18. The number of ether oxygens (including phenoxy) is 2. The quantitative estimate of drug-likeness (QED) is 0.526. The van der Waals surface area contributed by atoms with Crippen molar-refractivity contribution in [2.75, 3.05) is 6.61 Å². The second kappa shape index (κ2) is 3.29. The van der Waals surface area contributed by atoms with Crippen LogP contribution in [-0.4, -0.2) is 30.1 Å². The number of hydrogen-bond donors (Lipinski definition) is 0. The highest BCUT2D eigenvalue weighted by molar-refractivity contribution is 5.93. The van der Waals surface area contributed by atoms with Crippen molar-refractivity contribution in [3.63, 3.8) is 0 Å². The molecule has 1 saturated heterocycles. The highest BCUT2D eigenvalue weighted by atomic mass is 16.6. The summed E-state index contributed by atoms with van der Waals surface area (Å²) >= 11 is 0. The Labute approximate surface area is 95.3 Å². The lowest BCUT2D eigenvalue weighted by Gasteiger charge is -2.36. The van der Waals surface area contributed by atoms with Gasteiger partial charge in [-0.2, -0.15) is 0 Å². The summed E-state index contributed by atoms with van der Waals surface area (Å²) in [6.45, 7) is 7.61. The fourth-order valence-corrected chi connectivity index (χ4v) is 2.83. The van der Waals surface area contributed by atoms with E-state index in [1.807, 2.05) is 6.92 Å². The van der Waals surface area contributed by atoms with Crippen molar-refractivity contribution in [3.8, 4) is 0 Å². The maximum absolute atomic E-state index is 11.9. The molecule has 90 valence electrons. The summed E-state index contributed by atoms with van der Waals surface area (Å²) in [7, 11) is 0. The van der Waals surface area contributed by atoms with Crippen molar-refractivity contribution < 1.29 is 19.1 Å². The predicted octanol–water partition coefficient (Wildman–Crippen LogP) is 1.32. The molecule has 0 aromatic carbocycles. The van der Waals surface area contributed by atoms with Gasteiger partial charge in [-0.25, -0.2) is 0 Å². The van der Waals surface area contributed by atoms with Gasteiger partial charge in [0.2, 0.25) is 0 Å². The van der Waals surface area contributed by atoms with E-state index >= 15 is 0 Å². The van der Waals surface area contributed by atoms with Crippen LogP contribution in [0.15, 0.2) is 0 Å². The minimum absolute atomic E-state index is 0.0885. The van der Waals surface area contributed by atoms with Crippen molar-refractivity contribution >= 4 is 11.8 Å². The van der Waals surface area contributed by atoms with Gasteiger partial charge in [0.1, 0.15) is 17.3 Å². The SMILES string of the molecule is CCOC(=O)C1C(C)(C)C(=O)CC2OC21C. The number of carbonyl (C=O) groups excluding carboxylic acids is 2. The molecule has 2 fully saturated rings. The number of ketones is 1. The van der Waals surface area contributed by atoms with Crippen molar-refractivity contribution in [2.45, 2.75) is 45.8 Å². The predicted molar refractivity (Wildman–Crippen MR) is 56.8 cm³/mol. The van der Waals surface area contributed by atoms with Gasteiger partial charge in [0.05, 0.1) is 12.7 Å². The molecule has 0 amide bonds. The van der Waals surface area contributed by atoms with E-state index < -0.39 is 16.9 Å². The van der Waals surface area contributed by atoms with E-state index in [1.54, 1.807) is 20.8 Å². The fraction of sp³-hybridized carbons (Fsp3) is 0.833. The van der Waals surface area contributed by atoms with Gasteiger partial charge in [-0.1, -0.05) is 13.8 Å². The van der Waals surface area contributed by atoms with Crippen LogP contribution in [0.2, 0.25) is 0 Å². The second-order valence-electron chi connectivity index (χ2n) is 5.32. The van der Waals surface area contributed by atoms with Crippen LogP contribution >= 0.6 is 0 Å². The van der Waals surface area contributed by atoms with Gasteiger partial charge < -0.3 is 9.47 Å². The largest absolute Gasteiger partial charge is 0.466 e. The van der Waals surface area contributed by atoms with Gasteiger partial charge in [0.25, 0.3) is 0 Å². The molecular weight excluding hydrogens is 208 g/mol. The van der Waals surface area contributed by atoms with Crippen molar-refractivity contribution in [1.29, 1.82) is 0 Å². The van der Waals surface area contributed by atoms with Crippen LogP contribution in [0.4, 0.5) is 0 Å². The average Bonchev–Trinajstić information content (AvgIpc) is 2.76. The molecule has 0 bridgehead atoms. The van der Waals surface area contributed by atoms with Crippen LogP contribution in [0.5, 0.6) is 0 Å². The van der Waals surface area contributed by atoms with Gasteiger partial charge >= 0.3 is 5.97 Å². The number of fused-ring (bicyclic) bond motifs is 1. The highest BCUT2D eigenvalue weighted by Gasteiger charge is 2.70. The Hall–Kier alpha value is -0.900. The summed E-state index contributed by atoms with van der Waals surface area (Å²) in [5.74, 6) is -0.706. The molecule has 0 spiro atoms. The smallest absolute Gasteiger partial charge is 0.312 e. The average molecular weight is 226 g/mol. The van der Waals surface area contributed by atoms with E-state index in [0.717, 1.165) is 0 Å². The van der Waals surface area contributed by atoms with Crippen LogP contribution in [0.1, 0.15) is 34.1 Å². The standard InChI is InChI=1S/C12H18O4/c1-5-15-10(14)9-11(2,3)7(13)6-8-12(9,4)16-8/h8-9H,5-6H2,1-4H3. The molecule has 4 heteroatoms. The van der Waals surface area contributed by atoms with E-state index in [2.05, 4.69) is 0 Å². The maximum atomic E-state index is 11.9. The Morgan fingerprint density at radius 3 is 2.69 bits per heavy atom.